The van der Waals surface area contributed by atoms with Gasteiger partial charge < -0.3 is 15.0 Å². The van der Waals surface area contributed by atoms with E-state index in [4.69, 9.17) is 4.74 Å². The molecule has 1 unspecified atom stereocenters. The van der Waals surface area contributed by atoms with Crippen LogP contribution in [-0.2, 0) is 9.53 Å². The average molecular weight is 365 g/mol. The highest BCUT2D eigenvalue weighted by Crippen LogP contribution is 2.25. The molecule has 2 aliphatic rings. The van der Waals surface area contributed by atoms with E-state index >= 15 is 0 Å². The number of nitrogens with one attached hydrogen (secondary N) is 1. The van der Waals surface area contributed by atoms with Crippen molar-refractivity contribution in [3.8, 4) is 0 Å². The molecule has 0 saturated carbocycles. The third-order valence-corrected chi connectivity index (χ3v) is 5.70. The fourth-order valence-electron chi connectivity index (χ4n) is 3.39. The summed E-state index contributed by atoms with van der Waals surface area (Å²) in [4.78, 5) is 40.3. The topological polar surface area (TPSA) is 79.0 Å². The van der Waals surface area contributed by atoms with Crippen LogP contribution in [-0.4, -0.2) is 66.0 Å². The quantitative estimate of drug-likeness (QED) is 0.861. The van der Waals surface area contributed by atoms with Gasteiger partial charge >= 0.3 is 6.09 Å². The molecule has 3 rings (SSSR count). The lowest BCUT2D eigenvalue weighted by molar-refractivity contribution is -0.131. The number of amides is 3. The number of carbonyl (C=O) groups is 3. The molecule has 1 aromatic heterocycles. The average Bonchev–Trinajstić information content (AvgIpc) is 3.29. The van der Waals surface area contributed by atoms with E-state index in [0.717, 1.165) is 19.3 Å². The first-order valence-electron chi connectivity index (χ1n) is 8.64. The molecule has 0 aromatic carbocycles. The molecule has 0 spiro atoms. The molecular weight excluding hydrogens is 342 g/mol. The van der Waals surface area contributed by atoms with Gasteiger partial charge in [-0.3, -0.25) is 14.5 Å². The molecule has 25 heavy (non-hydrogen) atoms. The largest absolute Gasteiger partial charge is 0.447 e. The van der Waals surface area contributed by atoms with Gasteiger partial charge in [-0.2, -0.15) is 0 Å². The number of cyclic esters (lactones) is 1. The fourth-order valence-corrected chi connectivity index (χ4v) is 4.03. The van der Waals surface area contributed by atoms with Gasteiger partial charge in [-0.25, -0.2) is 4.79 Å². The van der Waals surface area contributed by atoms with Crippen molar-refractivity contribution in [2.45, 2.75) is 38.3 Å². The number of rotatable bonds is 5. The van der Waals surface area contributed by atoms with Gasteiger partial charge in [0, 0.05) is 19.1 Å². The number of hydrogen-bond donors (Lipinski definition) is 1. The van der Waals surface area contributed by atoms with E-state index in [1.807, 2.05) is 10.3 Å². The van der Waals surface area contributed by atoms with Crippen molar-refractivity contribution in [2.24, 2.45) is 0 Å². The summed E-state index contributed by atoms with van der Waals surface area (Å²) in [7, 11) is 0. The fraction of sp³-hybridized carbons (Fsp3) is 0.588. The van der Waals surface area contributed by atoms with Crippen molar-refractivity contribution in [2.75, 3.05) is 26.2 Å². The molecule has 7 nitrogen and oxygen atoms in total. The van der Waals surface area contributed by atoms with Gasteiger partial charge in [-0.1, -0.05) is 13.0 Å². The van der Waals surface area contributed by atoms with Crippen LogP contribution < -0.4 is 5.32 Å². The van der Waals surface area contributed by atoms with Gasteiger partial charge in [0.2, 0.25) is 5.91 Å². The Kier molecular flexibility index (Phi) is 5.57. The minimum atomic E-state index is -0.236. The van der Waals surface area contributed by atoms with Crippen LogP contribution in [0.15, 0.2) is 17.5 Å². The standard InChI is InChI=1S/C17H23N3O4S/c1-2-12-11-24-17(23)20(12)13-5-7-19(8-6-13)15(21)10-18-16(22)14-4-3-9-25-14/h3-4,9,12-13H,2,5-8,10-11H2,1H3,(H,18,22). The van der Waals surface area contributed by atoms with Crippen molar-refractivity contribution >= 4 is 29.2 Å². The SMILES string of the molecule is CCC1COC(=O)N1C1CCN(C(=O)CNC(=O)c2cccs2)CC1. The molecule has 0 bridgehead atoms. The summed E-state index contributed by atoms with van der Waals surface area (Å²) in [5.74, 6) is -0.303. The van der Waals surface area contributed by atoms with Crippen LogP contribution in [0.25, 0.3) is 0 Å². The van der Waals surface area contributed by atoms with Crippen LogP contribution in [0, 0.1) is 0 Å². The van der Waals surface area contributed by atoms with Crippen molar-refractivity contribution in [3.63, 3.8) is 0 Å². The zero-order valence-corrected chi connectivity index (χ0v) is 15.1. The molecule has 0 radical (unpaired) electrons. The van der Waals surface area contributed by atoms with Crippen molar-refractivity contribution in [1.82, 2.24) is 15.1 Å². The van der Waals surface area contributed by atoms with E-state index < -0.39 is 0 Å². The molecule has 1 N–H and O–H groups in total. The van der Waals surface area contributed by atoms with E-state index in [-0.39, 0.29) is 36.5 Å². The first-order chi connectivity index (χ1) is 12.1. The van der Waals surface area contributed by atoms with Crippen LogP contribution >= 0.6 is 11.3 Å². The number of piperidine rings is 1. The van der Waals surface area contributed by atoms with Gasteiger partial charge in [0.05, 0.1) is 17.5 Å². The number of likely N-dealkylation sites (tertiary alicyclic amines) is 1. The maximum atomic E-state index is 12.3. The van der Waals surface area contributed by atoms with Crippen molar-refractivity contribution in [1.29, 1.82) is 0 Å². The zero-order chi connectivity index (χ0) is 17.8. The number of thiophene rings is 1. The Morgan fingerprint density at radius 1 is 1.36 bits per heavy atom. The van der Waals surface area contributed by atoms with Crippen LogP contribution in [0.4, 0.5) is 4.79 Å². The Morgan fingerprint density at radius 2 is 2.12 bits per heavy atom. The normalized spacial score (nSPS) is 21.3. The second kappa shape index (κ2) is 7.86. The highest BCUT2D eigenvalue weighted by molar-refractivity contribution is 7.12. The molecule has 3 amide bonds. The van der Waals surface area contributed by atoms with Gasteiger partial charge in [0.15, 0.2) is 0 Å². The summed E-state index contributed by atoms with van der Waals surface area (Å²) in [6.45, 7) is 3.71. The third kappa shape index (κ3) is 3.95. The molecular formula is C17H23N3O4S. The van der Waals surface area contributed by atoms with Gasteiger partial charge in [-0.15, -0.1) is 11.3 Å². The third-order valence-electron chi connectivity index (χ3n) is 4.83. The minimum Gasteiger partial charge on any atom is -0.447 e. The Morgan fingerprint density at radius 3 is 2.76 bits per heavy atom. The summed E-state index contributed by atoms with van der Waals surface area (Å²) in [6, 6.07) is 3.81. The maximum Gasteiger partial charge on any atom is 0.410 e. The van der Waals surface area contributed by atoms with E-state index in [1.165, 1.54) is 11.3 Å². The summed E-state index contributed by atoms with van der Waals surface area (Å²) < 4.78 is 5.16. The molecule has 1 aromatic rings. The zero-order valence-electron chi connectivity index (χ0n) is 14.3. The number of nitrogens with zero attached hydrogens (tertiary/aromatic N) is 2. The van der Waals surface area contributed by atoms with E-state index in [2.05, 4.69) is 12.2 Å². The van der Waals surface area contributed by atoms with Crippen LogP contribution in [0.3, 0.4) is 0 Å². The minimum absolute atomic E-state index is 0.00470. The summed E-state index contributed by atoms with van der Waals surface area (Å²) in [5.41, 5.74) is 0. The van der Waals surface area contributed by atoms with E-state index in [9.17, 15) is 14.4 Å². The Labute approximate surface area is 150 Å². The monoisotopic (exact) mass is 365 g/mol. The summed E-state index contributed by atoms with van der Waals surface area (Å²) in [6.07, 6.45) is 2.13. The molecule has 1 atom stereocenters. The predicted octanol–water partition coefficient (Wildman–Crippen LogP) is 1.70. The Bertz CT molecular complexity index is 626. The lowest BCUT2D eigenvalue weighted by atomic mass is 10.0. The van der Waals surface area contributed by atoms with Gasteiger partial charge in [0.1, 0.15) is 6.61 Å². The maximum absolute atomic E-state index is 12.3. The van der Waals surface area contributed by atoms with Gasteiger partial charge in [0.25, 0.3) is 5.91 Å². The highest BCUT2D eigenvalue weighted by Gasteiger charge is 2.38. The van der Waals surface area contributed by atoms with Crippen molar-refractivity contribution < 1.29 is 19.1 Å². The van der Waals surface area contributed by atoms with Gasteiger partial charge in [-0.05, 0) is 30.7 Å². The molecule has 2 saturated heterocycles. The second-order valence-electron chi connectivity index (χ2n) is 6.32. The lowest BCUT2D eigenvalue weighted by Crippen LogP contribution is -2.51. The molecule has 8 heteroatoms. The summed E-state index contributed by atoms with van der Waals surface area (Å²) in [5, 5.41) is 4.50. The first-order valence-corrected chi connectivity index (χ1v) is 9.52. The Hall–Kier alpha value is -2.09. The number of hydrogen-bond acceptors (Lipinski definition) is 5. The molecule has 2 fully saturated rings. The first kappa shape index (κ1) is 17.7. The van der Waals surface area contributed by atoms with E-state index in [1.54, 1.807) is 17.0 Å². The van der Waals surface area contributed by atoms with Crippen LogP contribution in [0.2, 0.25) is 0 Å². The van der Waals surface area contributed by atoms with Crippen molar-refractivity contribution in [3.05, 3.63) is 22.4 Å². The van der Waals surface area contributed by atoms with E-state index in [0.29, 0.717) is 24.6 Å². The second-order valence-corrected chi connectivity index (χ2v) is 7.27. The summed E-state index contributed by atoms with van der Waals surface area (Å²) >= 11 is 1.35. The highest BCUT2D eigenvalue weighted by atomic mass is 32.1. The molecule has 2 aliphatic heterocycles. The molecule has 136 valence electrons. The molecule has 3 heterocycles. The van der Waals surface area contributed by atoms with Crippen LogP contribution in [0.5, 0.6) is 0 Å². The Balaban J connectivity index is 1.46. The molecule has 0 aliphatic carbocycles. The number of ether oxygens (including phenoxy) is 1. The lowest BCUT2D eigenvalue weighted by Gasteiger charge is -2.37. The number of carbonyl (C=O) groups excluding carboxylic acids is 3. The smallest absolute Gasteiger partial charge is 0.410 e. The predicted molar refractivity (Wildman–Crippen MR) is 93.5 cm³/mol. The van der Waals surface area contributed by atoms with Crippen LogP contribution in [0.1, 0.15) is 35.9 Å².